The van der Waals surface area contributed by atoms with Crippen molar-refractivity contribution in [3.05, 3.63) is 93.6 Å². The highest BCUT2D eigenvalue weighted by molar-refractivity contribution is 5.92. The minimum Gasteiger partial charge on any atom is -0.508 e. The average molecular weight is 556 g/mol. The van der Waals surface area contributed by atoms with Crippen LogP contribution in [0.3, 0.4) is 0 Å². The second kappa shape index (κ2) is 8.23. The van der Waals surface area contributed by atoms with E-state index in [-0.39, 0.29) is 62.3 Å². The molecule has 4 aromatic carbocycles. The van der Waals surface area contributed by atoms with E-state index in [1.165, 1.54) is 54.6 Å². The summed E-state index contributed by atoms with van der Waals surface area (Å²) in [7, 11) is 0. The number of fused-ring (bicyclic) bond motifs is 8. The molecule has 0 aliphatic carbocycles. The van der Waals surface area contributed by atoms with Crippen molar-refractivity contribution < 1.29 is 49.6 Å². The van der Waals surface area contributed by atoms with Crippen molar-refractivity contribution in [2.75, 3.05) is 0 Å². The molecule has 5 aromatic rings. The number of aliphatic hydroxyl groups is 1. The Morgan fingerprint density at radius 3 is 1.95 bits per heavy atom. The maximum absolute atomic E-state index is 13.4. The van der Waals surface area contributed by atoms with Crippen LogP contribution in [0, 0.1) is 0 Å². The summed E-state index contributed by atoms with van der Waals surface area (Å²) in [5, 5.41) is 73.9. The maximum atomic E-state index is 13.4. The van der Waals surface area contributed by atoms with E-state index in [0.29, 0.717) is 0 Å². The van der Waals surface area contributed by atoms with Gasteiger partial charge in [-0.25, -0.2) is 0 Å². The van der Waals surface area contributed by atoms with Crippen LogP contribution in [0.5, 0.6) is 46.0 Å². The zero-order valence-corrected chi connectivity index (χ0v) is 20.8. The Labute approximate surface area is 229 Å². The van der Waals surface area contributed by atoms with Crippen molar-refractivity contribution in [3.63, 3.8) is 0 Å². The molecule has 0 radical (unpaired) electrons. The lowest BCUT2D eigenvalue weighted by Gasteiger charge is -2.49. The normalized spacial score (nSPS) is 20.5. The van der Waals surface area contributed by atoms with E-state index in [2.05, 4.69) is 0 Å². The Kier molecular flexibility index (Phi) is 4.91. The molecule has 206 valence electrons. The lowest BCUT2D eigenvalue weighted by molar-refractivity contribution is -0.218. The summed E-state index contributed by atoms with van der Waals surface area (Å²) in [4.78, 5) is 13.4. The van der Waals surface area contributed by atoms with Gasteiger partial charge < -0.3 is 49.6 Å². The molecule has 2 aliphatic rings. The summed E-state index contributed by atoms with van der Waals surface area (Å²) in [5.41, 5.74) is -0.627. The minimum absolute atomic E-state index is 0.0439. The Morgan fingerprint density at radius 1 is 0.683 bits per heavy atom. The van der Waals surface area contributed by atoms with Crippen molar-refractivity contribution in [1.29, 1.82) is 0 Å². The quantitative estimate of drug-likeness (QED) is 0.167. The molecule has 11 nitrogen and oxygen atoms in total. The number of benzene rings is 4. The molecule has 2 bridgehead atoms. The lowest BCUT2D eigenvalue weighted by atomic mass is 9.75. The summed E-state index contributed by atoms with van der Waals surface area (Å²) in [6.07, 6.45) is -1.61. The van der Waals surface area contributed by atoms with Gasteiger partial charge in [0.25, 0.3) is 0 Å². The standard InChI is InChI=1S/C30H20O11/c31-14-5-1-12(2-6-14)27-26(37)25(36)22-18(35)11-20-23(28(22)39-27)24-21-17(34)9-16(33)10-19(21)40-30(41-20,29(24)38)13-3-7-15(32)8-4-13/h1-11,24,29,31-35,37-38H. The first-order valence-corrected chi connectivity index (χ1v) is 12.4. The Bertz CT molecular complexity index is 1940. The number of ether oxygens (including phenoxy) is 2. The lowest BCUT2D eigenvalue weighted by Crippen LogP contribution is -2.57. The number of hydrogen-bond acceptors (Lipinski definition) is 11. The number of phenolic OH excluding ortho intramolecular Hbond substituents is 5. The summed E-state index contributed by atoms with van der Waals surface area (Å²) < 4.78 is 18.4. The van der Waals surface area contributed by atoms with Gasteiger partial charge in [0, 0.05) is 40.5 Å². The van der Waals surface area contributed by atoms with Crippen LogP contribution >= 0.6 is 0 Å². The average Bonchev–Trinajstić information content (AvgIpc) is 2.92. The molecule has 11 heteroatoms. The monoisotopic (exact) mass is 556 g/mol. The molecule has 0 saturated heterocycles. The second-order valence-electron chi connectivity index (χ2n) is 9.89. The van der Waals surface area contributed by atoms with E-state index in [9.17, 15) is 40.5 Å². The van der Waals surface area contributed by atoms with E-state index >= 15 is 0 Å². The van der Waals surface area contributed by atoms with Crippen LogP contribution in [0.4, 0.5) is 0 Å². The van der Waals surface area contributed by atoms with Crippen molar-refractivity contribution in [3.8, 4) is 57.3 Å². The third kappa shape index (κ3) is 3.33. The van der Waals surface area contributed by atoms with E-state index < -0.39 is 45.9 Å². The van der Waals surface area contributed by atoms with Gasteiger partial charge in [-0.1, -0.05) is 0 Å². The van der Waals surface area contributed by atoms with Crippen molar-refractivity contribution >= 4 is 11.0 Å². The van der Waals surface area contributed by atoms with Crippen LogP contribution < -0.4 is 14.9 Å². The summed E-state index contributed by atoms with van der Waals surface area (Å²) in [6, 6.07) is 14.5. The Hall–Kier alpha value is -5.55. The highest BCUT2D eigenvalue weighted by atomic mass is 16.7. The first-order valence-electron chi connectivity index (χ1n) is 12.4. The smallest absolute Gasteiger partial charge is 0.305 e. The molecule has 1 aromatic heterocycles. The second-order valence-corrected chi connectivity index (χ2v) is 9.89. The molecule has 7 N–H and O–H groups in total. The van der Waals surface area contributed by atoms with Crippen LogP contribution in [0.2, 0.25) is 0 Å². The van der Waals surface area contributed by atoms with Crippen LogP contribution in [0.1, 0.15) is 22.6 Å². The van der Waals surface area contributed by atoms with E-state index in [1.54, 1.807) is 0 Å². The molecule has 3 heterocycles. The highest BCUT2D eigenvalue weighted by Crippen LogP contribution is 2.60. The highest BCUT2D eigenvalue weighted by Gasteiger charge is 2.59. The van der Waals surface area contributed by atoms with Crippen LogP contribution in [-0.4, -0.2) is 41.8 Å². The largest absolute Gasteiger partial charge is 0.508 e. The van der Waals surface area contributed by atoms with Crippen LogP contribution in [0.15, 0.2) is 75.9 Å². The Morgan fingerprint density at radius 2 is 1.29 bits per heavy atom. The SMILES string of the molecule is O=c1c(O)c(-c2ccc(O)cc2)oc2c3c(cc(O)c12)OC1(c2ccc(O)cc2)Oc2cc(O)cc(O)c2C3C1O. The molecule has 3 unspecified atom stereocenters. The van der Waals surface area contributed by atoms with Gasteiger partial charge in [0.05, 0.1) is 5.92 Å². The van der Waals surface area contributed by atoms with Gasteiger partial charge in [0.1, 0.15) is 57.3 Å². The van der Waals surface area contributed by atoms with Gasteiger partial charge in [-0.3, -0.25) is 4.79 Å². The van der Waals surface area contributed by atoms with Crippen molar-refractivity contribution in [1.82, 2.24) is 0 Å². The first-order chi connectivity index (χ1) is 19.6. The predicted octanol–water partition coefficient (Wildman–Crippen LogP) is 3.82. The molecule has 0 amide bonds. The Balaban J connectivity index is 1.59. The van der Waals surface area contributed by atoms with Crippen LogP contribution in [-0.2, 0) is 5.79 Å². The van der Waals surface area contributed by atoms with Crippen molar-refractivity contribution in [2.24, 2.45) is 0 Å². The van der Waals surface area contributed by atoms with Crippen molar-refractivity contribution in [2.45, 2.75) is 17.8 Å². The first kappa shape index (κ1) is 24.5. The molecule has 41 heavy (non-hydrogen) atoms. The summed E-state index contributed by atoms with van der Waals surface area (Å²) >= 11 is 0. The number of aromatic hydroxyl groups is 6. The van der Waals surface area contributed by atoms with Gasteiger partial charge >= 0.3 is 5.79 Å². The maximum Gasteiger partial charge on any atom is 0.305 e. The number of phenols is 5. The zero-order chi connectivity index (χ0) is 28.8. The van der Waals surface area contributed by atoms with Gasteiger partial charge in [0.2, 0.25) is 11.2 Å². The van der Waals surface area contributed by atoms with E-state index in [1.807, 2.05) is 0 Å². The predicted molar refractivity (Wildman–Crippen MR) is 142 cm³/mol. The third-order valence-corrected chi connectivity index (χ3v) is 7.48. The molecule has 3 atom stereocenters. The molecule has 0 saturated carbocycles. The van der Waals surface area contributed by atoms with Gasteiger partial charge in [0.15, 0.2) is 5.76 Å². The number of aliphatic hydroxyl groups excluding tert-OH is 1. The van der Waals surface area contributed by atoms with E-state index in [0.717, 1.165) is 12.1 Å². The zero-order valence-electron chi connectivity index (χ0n) is 20.8. The fourth-order valence-electron chi connectivity index (χ4n) is 5.65. The molecule has 0 spiro atoms. The molecule has 7 rings (SSSR count). The van der Waals surface area contributed by atoms with Gasteiger partial charge in [-0.05, 0) is 48.5 Å². The summed E-state index contributed by atoms with van der Waals surface area (Å²) in [6.45, 7) is 0. The summed E-state index contributed by atoms with van der Waals surface area (Å²) in [5.74, 6) is -5.87. The fraction of sp³-hybridized carbons (Fsp3) is 0.100. The third-order valence-electron chi connectivity index (χ3n) is 7.48. The molecule has 2 aliphatic heterocycles. The number of hydrogen-bond donors (Lipinski definition) is 7. The minimum atomic E-state index is -1.99. The van der Waals surface area contributed by atoms with Gasteiger partial charge in [-0.2, -0.15) is 0 Å². The number of rotatable bonds is 2. The molecular formula is C30H20O11. The molecule has 0 fully saturated rings. The van der Waals surface area contributed by atoms with Crippen LogP contribution in [0.25, 0.3) is 22.3 Å². The van der Waals surface area contributed by atoms with E-state index in [4.69, 9.17) is 13.9 Å². The fourth-order valence-corrected chi connectivity index (χ4v) is 5.65. The topological polar surface area (TPSA) is 190 Å². The van der Waals surface area contributed by atoms with Gasteiger partial charge in [-0.15, -0.1) is 0 Å². The molecular weight excluding hydrogens is 536 g/mol.